The highest BCUT2D eigenvalue weighted by Crippen LogP contribution is 2.37. The largest absolute Gasteiger partial charge is 0.326 e. The van der Waals surface area contributed by atoms with Crippen LogP contribution in [0.3, 0.4) is 0 Å². The third kappa shape index (κ3) is 3.31. The van der Waals surface area contributed by atoms with Gasteiger partial charge in [-0.2, -0.15) is 0 Å². The van der Waals surface area contributed by atoms with Crippen LogP contribution in [0.5, 0.6) is 0 Å². The summed E-state index contributed by atoms with van der Waals surface area (Å²) < 4.78 is 0. The fraction of sp³-hybridized carbons (Fsp3) is 0.176. The van der Waals surface area contributed by atoms with Crippen molar-refractivity contribution in [2.24, 2.45) is 0 Å². The van der Waals surface area contributed by atoms with Gasteiger partial charge in [-0.25, -0.2) is 0 Å². The molecule has 0 bridgehead atoms. The Hall–Kier alpha value is -2.27. The van der Waals surface area contributed by atoms with Crippen LogP contribution < -0.4 is 10.6 Å². The molecule has 5 heteroatoms. The Morgan fingerprint density at radius 1 is 1.00 bits per heavy atom. The highest BCUT2D eigenvalue weighted by Gasteiger charge is 2.27. The second kappa shape index (κ2) is 6.23. The van der Waals surface area contributed by atoms with Crippen LogP contribution in [0.2, 0.25) is 0 Å². The summed E-state index contributed by atoms with van der Waals surface area (Å²) in [5.41, 5.74) is 2.68. The fourth-order valence-electron chi connectivity index (χ4n) is 2.39. The normalized spacial score (nSPS) is 16.0. The maximum Gasteiger partial charge on any atom is 0.238 e. The van der Waals surface area contributed by atoms with Gasteiger partial charge in [0, 0.05) is 23.2 Å². The van der Waals surface area contributed by atoms with Gasteiger partial charge in [-0.15, -0.1) is 11.8 Å². The molecule has 2 aromatic rings. The van der Waals surface area contributed by atoms with E-state index in [2.05, 4.69) is 22.8 Å². The molecule has 2 N–H and O–H groups in total. The van der Waals surface area contributed by atoms with Crippen LogP contribution in [-0.4, -0.2) is 17.1 Å². The molecular formula is C17H16N2O2S. The molecule has 1 heterocycles. The molecule has 0 aromatic heterocycles. The highest BCUT2D eigenvalue weighted by molar-refractivity contribution is 8.01. The predicted octanol–water partition coefficient (Wildman–Crippen LogP) is 3.30. The van der Waals surface area contributed by atoms with Crippen molar-refractivity contribution in [3.8, 4) is 0 Å². The van der Waals surface area contributed by atoms with Crippen molar-refractivity contribution in [2.75, 3.05) is 10.6 Å². The molecule has 112 valence electrons. The van der Waals surface area contributed by atoms with Crippen LogP contribution in [-0.2, 0) is 16.0 Å². The predicted molar refractivity (Wildman–Crippen MR) is 89.2 cm³/mol. The van der Waals surface area contributed by atoms with Gasteiger partial charge in [0.05, 0.1) is 5.25 Å². The maximum absolute atomic E-state index is 12.3. The number of carbonyl (C=O) groups excluding carboxylic acids is 2. The highest BCUT2D eigenvalue weighted by atomic mass is 32.2. The first-order valence-corrected chi connectivity index (χ1v) is 7.93. The minimum Gasteiger partial charge on any atom is -0.326 e. The summed E-state index contributed by atoms with van der Waals surface area (Å²) in [5.74, 6) is -0.106. The van der Waals surface area contributed by atoms with Gasteiger partial charge in [-0.1, -0.05) is 18.2 Å². The summed E-state index contributed by atoms with van der Waals surface area (Å²) in [7, 11) is 0. The van der Waals surface area contributed by atoms with Gasteiger partial charge < -0.3 is 10.6 Å². The number of nitrogens with one attached hydrogen (secondary N) is 2. The molecule has 4 nitrogen and oxygen atoms in total. The van der Waals surface area contributed by atoms with E-state index >= 15 is 0 Å². The Balaban J connectivity index is 1.62. The molecule has 2 aromatic carbocycles. The van der Waals surface area contributed by atoms with E-state index in [1.165, 1.54) is 17.4 Å². The Kier molecular flexibility index (Phi) is 4.15. The van der Waals surface area contributed by atoms with Crippen molar-refractivity contribution in [3.63, 3.8) is 0 Å². The molecule has 0 radical (unpaired) electrons. The van der Waals surface area contributed by atoms with Crippen molar-refractivity contribution < 1.29 is 9.59 Å². The van der Waals surface area contributed by atoms with Gasteiger partial charge in [-0.3, -0.25) is 9.59 Å². The number of hydrogen-bond acceptors (Lipinski definition) is 3. The zero-order valence-corrected chi connectivity index (χ0v) is 12.9. The number of thioether (sulfide) groups is 1. The van der Waals surface area contributed by atoms with Gasteiger partial charge in [0.1, 0.15) is 0 Å². The summed E-state index contributed by atoms with van der Waals surface area (Å²) in [6, 6.07) is 15.2. The van der Waals surface area contributed by atoms with Crippen molar-refractivity contribution in [1.29, 1.82) is 0 Å². The Morgan fingerprint density at radius 3 is 2.27 bits per heavy atom. The Morgan fingerprint density at radius 2 is 1.64 bits per heavy atom. The number of amides is 2. The summed E-state index contributed by atoms with van der Waals surface area (Å²) in [4.78, 5) is 24.5. The van der Waals surface area contributed by atoms with Gasteiger partial charge in [-0.05, 0) is 42.3 Å². The lowest BCUT2D eigenvalue weighted by molar-refractivity contribution is -0.116. The third-order valence-electron chi connectivity index (χ3n) is 3.41. The monoisotopic (exact) mass is 312 g/mol. The summed E-state index contributed by atoms with van der Waals surface area (Å²) in [5, 5.41) is 5.53. The number of rotatable bonds is 3. The van der Waals surface area contributed by atoms with E-state index in [9.17, 15) is 9.59 Å². The van der Waals surface area contributed by atoms with E-state index in [1.807, 2.05) is 12.1 Å². The first kappa shape index (κ1) is 14.7. The molecule has 0 aliphatic carbocycles. The van der Waals surface area contributed by atoms with Gasteiger partial charge in [0.2, 0.25) is 11.8 Å². The van der Waals surface area contributed by atoms with Crippen LogP contribution in [0.15, 0.2) is 53.4 Å². The summed E-state index contributed by atoms with van der Waals surface area (Å²) >= 11 is 1.61. The summed E-state index contributed by atoms with van der Waals surface area (Å²) in [6.45, 7) is 1.46. The molecule has 1 aliphatic rings. The van der Waals surface area contributed by atoms with Gasteiger partial charge in [0.25, 0.3) is 0 Å². The maximum atomic E-state index is 12.3. The topological polar surface area (TPSA) is 58.2 Å². The number of hydrogen-bond donors (Lipinski definition) is 2. The van der Waals surface area contributed by atoms with Crippen molar-refractivity contribution in [1.82, 2.24) is 0 Å². The SMILES string of the molecule is CC(=O)Nc1ccc(NC(=O)C2Cc3ccccc3S2)cc1. The molecule has 0 spiro atoms. The average molecular weight is 312 g/mol. The first-order chi connectivity index (χ1) is 10.6. The number of benzene rings is 2. The lowest BCUT2D eigenvalue weighted by atomic mass is 10.1. The van der Waals surface area contributed by atoms with Crippen LogP contribution in [0.1, 0.15) is 12.5 Å². The van der Waals surface area contributed by atoms with Crippen LogP contribution in [0, 0.1) is 0 Å². The molecule has 3 rings (SSSR count). The van der Waals surface area contributed by atoms with E-state index < -0.39 is 0 Å². The number of fused-ring (bicyclic) bond motifs is 1. The number of carbonyl (C=O) groups is 2. The average Bonchev–Trinajstić information content (AvgIpc) is 2.93. The molecule has 0 saturated carbocycles. The fourth-order valence-corrected chi connectivity index (χ4v) is 3.59. The molecule has 0 fully saturated rings. The molecule has 1 atom stereocenters. The molecular weight excluding hydrogens is 296 g/mol. The lowest BCUT2D eigenvalue weighted by Gasteiger charge is -2.10. The van der Waals surface area contributed by atoms with Crippen LogP contribution in [0.4, 0.5) is 11.4 Å². The van der Waals surface area contributed by atoms with Crippen molar-refractivity contribution in [3.05, 3.63) is 54.1 Å². The number of anilines is 2. The van der Waals surface area contributed by atoms with Gasteiger partial charge >= 0.3 is 0 Å². The zero-order valence-electron chi connectivity index (χ0n) is 12.1. The standard InChI is InChI=1S/C17H16N2O2S/c1-11(20)18-13-6-8-14(9-7-13)19-17(21)16-10-12-4-2-3-5-15(12)22-16/h2-9,16H,10H2,1H3,(H,18,20)(H,19,21). The van der Waals surface area contributed by atoms with Gasteiger partial charge in [0.15, 0.2) is 0 Å². The molecule has 2 amide bonds. The summed E-state index contributed by atoms with van der Waals surface area (Å²) in [6.07, 6.45) is 0.761. The second-order valence-corrected chi connectivity index (χ2v) is 6.41. The van der Waals surface area contributed by atoms with Crippen molar-refractivity contribution >= 4 is 35.0 Å². The molecule has 1 aliphatic heterocycles. The smallest absolute Gasteiger partial charge is 0.238 e. The van der Waals surface area contributed by atoms with E-state index in [4.69, 9.17) is 0 Å². The minimum atomic E-state index is -0.114. The molecule has 0 saturated heterocycles. The Labute approximate surface area is 133 Å². The second-order valence-electron chi connectivity index (χ2n) is 5.17. The van der Waals surface area contributed by atoms with E-state index in [1.54, 1.807) is 36.0 Å². The van der Waals surface area contributed by atoms with Crippen LogP contribution in [0.25, 0.3) is 0 Å². The lowest BCUT2D eigenvalue weighted by Crippen LogP contribution is -2.24. The van der Waals surface area contributed by atoms with E-state index in [-0.39, 0.29) is 17.1 Å². The molecule has 22 heavy (non-hydrogen) atoms. The minimum absolute atomic E-state index is 0.00785. The van der Waals surface area contributed by atoms with E-state index in [0.717, 1.165) is 12.1 Å². The Bertz CT molecular complexity index is 688. The van der Waals surface area contributed by atoms with E-state index in [0.29, 0.717) is 5.69 Å². The van der Waals surface area contributed by atoms with Crippen molar-refractivity contribution in [2.45, 2.75) is 23.5 Å². The molecule has 1 unspecified atom stereocenters. The first-order valence-electron chi connectivity index (χ1n) is 7.05. The quantitative estimate of drug-likeness (QED) is 0.914. The third-order valence-corrected chi connectivity index (χ3v) is 4.73. The zero-order chi connectivity index (χ0) is 15.5. The van der Waals surface area contributed by atoms with Crippen LogP contribution >= 0.6 is 11.8 Å².